The van der Waals surface area contributed by atoms with Crippen LogP contribution in [0.15, 0.2) is 34.9 Å². The molecule has 23 heavy (non-hydrogen) atoms. The average molecular weight is 338 g/mol. The van der Waals surface area contributed by atoms with E-state index in [1.54, 1.807) is 12.3 Å². The lowest BCUT2D eigenvalue weighted by Crippen LogP contribution is -2.35. The molecule has 2 aliphatic heterocycles. The highest BCUT2D eigenvalue weighted by atomic mass is 35.5. The fourth-order valence-corrected chi connectivity index (χ4v) is 3.52. The van der Waals surface area contributed by atoms with Gasteiger partial charge in [0.1, 0.15) is 12.1 Å². The zero-order valence-electron chi connectivity index (χ0n) is 12.9. The minimum absolute atomic E-state index is 0. The van der Waals surface area contributed by atoms with E-state index in [1.807, 2.05) is 6.07 Å². The largest absolute Gasteiger partial charge is 0.444 e. The van der Waals surface area contributed by atoms with E-state index < -0.39 is 0 Å². The summed E-state index contributed by atoms with van der Waals surface area (Å²) >= 11 is 0. The number of hydrogen-bond donors (Lipinski definition) is 1. The van der Waals surface area contributed by atoms with Gasteiger partial charge in [-0.15, -0.1) is 12.4 Å². The SMILES string of the molecule is Cl.Fc1cccc(-c2nc(CN3CCC4CCC(C3)N4)co2)c1. The monoisotopic (exact) mass is 337 g/mol. The maximum absolute atomic E-state index is 13.3. The molecule has 6 heteroatoms. The summed E-state index contributed by atoms with van der Waals surface area (Å²) in [5.41, 5.74) is 1.60. The molecule has 1 aromatic heterocycles. The molecule has 124 valence electrons. The van der Waals surface area contributed by atoms with Crippen molar-refractivity contribution in [1.82, 2.24) is 15.2 Å². The molecule has 2 unspecified atom stereocenters. The van der Waals surface area contributed by atoms with Gasteiger partial charge in [0.15, 0.2) is 0 Å². The highest BCUT2D eigenvalue weighted by molar-refractivity contribution is 5.85. The van der Waals surface area contributed by atoms with Crippen molar-refractivity contribution >= 4 is 12.4 Å². The van der Waals surface area contributed by atoms with Crippen LogP contribution in [-0.2, 0) is 6.54 Å². The Hall–Kier alpha value is -1.43. The Morgan fingerprint density at radius 1 is 1.26 bits per heavy atom. The first kappa shape index (κ1) is 16.4. The van der Waals surface area contributed by atoms with Crippen molar-refractivity contribution in [3.63, 3.8) is 0 Å². The van der Waals surface area contributed by atoms with Crippen molar-refractivity contribution in [2.75, 3.05) is 13.1 Å². The van der Waals surface area contributed by atoms with E-state index >= 15 is 0 Å². The van der Waals surface area contributed by atoms with Crippen LogP contribution in [0.3, 0.4) is 0 Å². The van der Waals surface area contributed by atoms with Crippen LogP contribution >= 0.6 is 12.4 Å². The van der Waals surface area contributed by atoms with Crippen LogP contribution in [0.1, 0.15) is 25.0 Å². The molecule has 2 saturated heterocycles. The third kappa shape index (κ3) is 3.74. The molecular weight excluding hydrogens is 317 g/mol. The van der Waals surface area contributed by atoms with Gasteiger partial charge in [-0.1, -0.05) is 6.07 Å². The molecule has 0 saturated carbocycles. The van der Waals surface area contributed by atoms with Crippen LogP contribution in [0, 0.1) is 5.82 Å². The molecule has 4 rings (SSSR count). The number of fused-ring (bicyclic) bond motifs is 2. The van der Waals surface area contributed by atoms with Gasteiger partial charge in [0, 0.05) is 37.3 Å². The first-order chi connectivity index (χ1) is 10.8. The van der Waals surface area contributed by atoms with Crippen molar-refractivity contribution < 1.29 is 8.81 Å². The predicted molar refractivity (Wildman–Crippen MR) is 89.0 cm³/mol. The maximum Gasteiger partial charge on any atom is 0.226 e. The summed E-state index contributed by atoms with van der Waals surface area (Å²) in [6.07, 6.45) is 5.47. The van der Waals surface area contributed by atoms with Crippen LogP contribution in [-0.4, -0.2) is 35.1 Å². The summed E-state index contributed by atoms with van der Waals surface area (Å²) in [7, 11) is 0. The van der Waals surface area contributed by atoms with E-state index in [-0.39, 0.29) is 18.2 Å². The number of aromatic nitrogens is 1. The number of nitrogens with one attached hydrogen (secondary N) is 1. The molecule has 2 aliphatic rings. The Balaban J connectivity index is 0.00000156. The Morgan fingerprint density at radius 3 is 3.00 bits per heavy atom. The van der Waals surface area contributed by atoms with E-state index in [0.717, 1.165) is 25.3 Å². The first-order valence-corrected chi connectivity index (χ1v) is 7.95. The average Bonchev–Trinajstić information content (AvgIpc) is 3.08. The minimum atomic E-state index is -0.271. The first-order valence-electron chi connectivity index (χ1n) is 7.95. The Labute approximate surface area is 141 Å². The Morgan fingerprint density at radius 2 is 2.13 bits per heavy atom. The molecule has 3 heterocycles. The standard InChI is InChI=1S/C17H20FN3O.ClH/c18-13-3-1-2-12(8-13)17-20-16(11-22-17)10-21-7-6-14-4-5-15(9-21)19-14;/h1-3,8,11,14-15,19H,4-7,9-10H2;1H. The van der Waals surface area contributed by atoms with Gasteiger partial charge in [-0.05, 0) is 37.5 Å². The van der Waals surface area contributed by atoms with Crippen LogP contribution in [0.5, 0.6) is 0 Å². The summed E-state index contributed by atoms with van der Waals surface area (Å²) in [6, 6.07) is 7.66. The van der Waals surface area contributed by atoms with Crippen molar-refractivity contribution in [2.45, 2.75) is 37.9 Å². The van der Waals surface area contributed by atoms with E-state index in [4.69, 9.17) is 4.42 Å². The van der Waals surface area contributed by atoms with Crippen molar-refractivity contribution in [1.29, 1.82) is 0 Å². The summed E-state index contributed by atoms with van der Waals surface area (Å²) < 4.78 is 18.8. The van der Waals surface area contributed by atoms with Crippen molar-refractivity contribution in [3.8, 4) is 11.5 Å². The Bertz CT molecular complexity index is 663. The molecule has 2 fully saturated rings. The lowest BCUT2D eigenvalue weighted by Gasteiger charge is -2.22. The maximum atomic E-state index is 13.3. The summed E-state index contributed by atoms with van der Waals surface area (Å²) in [5.74, 6) is 0.218. The normalized spacial score (nSPS) is 24.2. The van der Waals surface area contributed by atoms with Crippen molar-refractivity contribution in [2.24, 2.45) is 0 Å². The van der Waals surface area contributed by atoms with E-state index in [1.165, 1.54) is 31.4 Å². The molecule has 2 atom stereocenters. The van der Waals surface area contributed by atoms with Gasteiger partial charge in [0.05, 0.1) is 5.69 Å². The quantitative estimate of drug-likeness (QED) is 0.933. The van der Waals surface area contributed by atoms with Gasteiger partial charge in [0.25, 0.3) is 0 Å². The number of benzene rings is 1. The second-order valence-corrected chi connectivity index (χ2v) is 6.32. The fourth-order valence-electron chi connectivity index (χ4n) is 3.52. The molecule has 0 radical (unpaired) electrons. The number of halogens is 2. The number of oxazole rings is 1. The highest BCUT2D eigenvalue weighted by Crippen LogP contribution is 2.23. The predicted octanol–water partition coefficient (Wildman–Crippen LogP) is 3.23. The molecule has 0 aliphatic carbocycles. The van der Waals surface area contributed by atoms with Crippen LogP contribution in [0.25, 0.3) is 11.5 Å². The molecule has 1 aromatic carbocycles. The third-order valence-corrected chi connectivity index (χ3v) is 4.62. The van der Waals surface area contributed by atoms with Gasteiger partial charge < -0.3 is 9.73 Å². The van der Waals surface area contributed by atoms with E-state index in [9.17, 15) is 4.39 Å². The molecular formula is C17H21ClFN3O. The van der Waals surface area contributed by atoms with Gasteiger partial charge in [0.2, 0.25) is 5.89 Å². The highest BCUT2D eigenvalue weighted by Gasteiger charge is 2.29. The molecule has 0 spiro atoms. The fraction of sp³-hybridized carbons (Fsp3) is 0.471. The Kier molecular flexibility index (Phi) is 4.99. The van der Waals surface area contributed by atoms with Crippen LogP contribution in [0.2, 0.25) is 0 Å². The van der Waals surface area contributed by atoms with E-state index in [0.29, 0.717) is 23.5 Å². The number of hydrogen-bond acceptors (Lipinski definition) is 4. The van der Waals surface area contributed by atoms with Crippen LogP contribution in [0.4, 0.5) is 4.39 Å². The summed E-state index contributed by atoms with van der Waals surface area (Å²) in [6.45, 7) is 2.96. The second kappa shape index (κ2) is 6.99. The topological polar surface area (TPSA) is 41.3 Å². The van der Waals surface area contributed by atoms with Gasteiger partial charge in [-0.2, -0.15) is 0 Å². The lowest BCUT2D eigenvalue weighted by molar-refractivity contribution is 0.248. The lowest BCUT2D eigenvalue weighted by atomic mass is 10.1. The molecule has 0 amide bonds. The van der Waals surface area contributed by atoms with Crippen molar-refractivity contribution in [3.05, 3.63) is 42.0 Å². The van der Waals surface area contributed by atoms with Gasteiger partial charge >= 0.3 is 0 Å². The summed E-state index contributed by atoms with van der Waals surface area (Å²) in [4.78, 5) is 6.95. The number of nitrogens with zero attached hydrogens (tertiary/aromatic N) is 2. The minimum Gasteiger partial charge on any atom is -0.444 e. The third-order valence-electron chi connectivity index (χ3n) is 4.62. The molecule has 4 nitrogen and oxygen atoms in total. The summed E-state index contributed by atoms with van der Waals surface area (Å²) in [5, 5.41) is 3.68. The zero-order chi connectivity index (χ0) is 14.9. The van der Waals surface area contributed by atoms with Gasteiger partial charge in [-0.25, -0.2) is 9.37 Å². The van der Waals surface area contributed by atoms with Gasteiger partial charge in [-0.3, -0.25) is 4.90 Å². The number of rotatable bonds is 3. The van der Waals surface area contributed by atoms with E-state index in [2.05, 4.69) is 15.2 Å². The smallest absolute Gasteiger partial charge is 0.226 e. The molecule has 2 aromatic rings. The number of likely N-dealkylation sites (tertiary alicyclic amines) is 1. The second-order valence-electron chi connectivity index (χ2n) is 6.32. The molecule has 1 N–H and O–H groups in total. The van der Waals surface area contributed by atoms with Crippen LogP contribution < -0.4 is 5.32 Å². The zero-order valence-corrected chi connectivity index (χ0v) is 13.7. The molecule has 2 bridgehead atoms.